The van der Waals surface area contributed by atoms with Crippen LogP contribution < -0.4 is 5.32 Å². The van der Waals surface area contributed by atoms with Gasteiger partial charge < -0.3 is 5.32 Å². The topological polar surface area (TPSA) is 52.9 Å². The average molecular weight is 224 g/mol. The lowest BCUT2D eigenvalue weighted by molar-refractivity contribution is -0.124. The maximum absolute atomic E-state index is 11.6. The predicted octanol–water partition coefficient (Wildman–Crippen LogP) is 3.01. The first-order valence-corrected chi connectivity index (χ1v) is 6.35. The molecule has 3 nitrogen and oxygen atoms in total. The maximum Gasteiger partial charge on any atom is 0.237 e. The molecule has 1 N–H and O–H groups in total. The van der Waals surface area contributed by atoms with E-state index in [0.717, 1.165) is 12.8 Å². The molecule has 0 fully saturated rings. The molecule has 0 heterocycles. The number of hydrogen-bond acceptors (Lipinski definition) is 2. The van der Waals surface area contributed by atoms with Crippen LogP contribution in [0, 0.1) is 17.2 Å². The zero-order valence-corrected chi connectivity index (χ0v) is 10.8. The summed E-state index contributed by atoms with van der Waals surface area (Å²) in [5.74, 6) is -0.605. The Kier molecular flexibility index (Phi) is 8.61. The Balaban J connectivity index is 3.74. The molecule has 2 atom stereocenters. The number of nitrogens with zero attached hydrogens (tertiary/aromatic N) is 1. The molecule has 0 aliphatic heterocycles. The van der Waals surface area contributed by atoms with Gasteiger partial charge in [-0.25, -0.2) is 0 Å². The van der Waals surface area contributed by atoms with Crippen molar-refractivity contribution >= 4 is 5.91 Å². The highest BCUT2D eigenvalue weighted by Gasteiger charge is 2.16. The number of amides is 1. The standard InChI is InChI=1S/C13H24N2O/c1-4-6-7-8-9-11(3)15-13(16)12(5-2)10-14/h11-12H,4-9H2,1-3H3,(H,15,16). The highest BCUT2D eigenvalue weighted by atomic mass is 16.1. The van der Waals surface area contributed by atoms with Gasteiger partial charge in [0.25, 0.3) is 0 Å². The van der Waals surface area contributed by atoms with Crippen molar-refractivity contribution in [2.24, 2.45) is 5.92 Å². The lowest BCUT2D eigenvalue weighted by Crippen LogP contribution is -2.36. The van der Waals surface area contributed by atoms with E-state index >= 15 is 0 Å². The van der Waals surface area contributed by atoms with Gasteiger partial charge in [0.15, 0.2) is 0 Å². The van der Waals surface area contributed by atoms with Gasteiger partial charge in [-0.2, -0.15) is 5.26 Å². The van der Waals surface area contributed by atoms with Gasteiger partial charge in [-0.15, -0.1) is 0 Å². The molecule has 0 aromatic rings. The minimum atomic E-state index is -0.488. The molecular weight excluding hydrogens is 200 g/mol. The van der Waals surface area contributed by atoms with Crippen molar-refractivity contribution in [2.75, 3.05) is 0 Å². The highest BCUT2D eigenvalue weighted by molar-refractivity contribution is 5.81. The maximum atomic E-state index is 11.6. The van der Waals surface area contributed by atoms with Crippen LogP contribution in [0.1, 0.15) is 59.3 Å². The first kappa shape index (κ1) is 15.0. The number of unbranched alkanes of at least 4 members (excludes halogenated alkanes) is 3. The second-order valence-electron chi connectivity index (χ2n) is 4.35. The summed E-state index contributed by atoms with van der Waals surface area (Å²) in [5, 5.41) is 11.6. The van der Waals surface area contributed by atoms with Crippen LogP contribution in [0.25, 0.3) is 0 Å². The molecule has 1 amide bonds. The summed E-state index contributed by atoms with van der Waals surface area (Å²) >= 11 is 0. The molecule has 0 aromatic carbocycles. The van der Waals surface area contributed by atoms with Crippen LogP contribution in [0.5, 0.6) is 0 Å². The quantitative estimate of drug-likeness (QED) is 0.644. The summed E-state index contributed by atoms with van der Waals surface area (Å²) in [7, 11) is 0. The highest BCUT2D eigenvalue weighted by Crippen LogP contribution is 2.07. The van der Waals surface area contributed by atoms with Crippen LogP contribution in [-0.2, 0) is 4.79 Å². The van der Waals surface area contributed by atoms with Crippen LogP contribution in [0.3, 0.4) is 0 Å². The molecule has 16 heavy (non-hydrogen) atoms. The average Bonchev–Trinajstić information content (AvgIpc) is 2.26. The normalized spacial score (nSPS) is 13.9. The Morgan fingerprint density at radius 1 is 1.31 bits per heavy atom. The molecule has 0 aliphatic rings. The van der Waals surface area contributed by atoms with E-state index in [1.54, 1.807) is 0 Å². The van der Waals surface area contributed by atoms with Crippen LogP contribution in [0.4, 0.5) is 0 Å². The van der Waals surface area contributed by atoms with E-state index in [4.69, 9.17) is 5.26 Å². The van der Waals surface area contributed by atoms with Crippen LogP contribution >= 0.6 is 0 Å². The fraction of sp³-hybridized carbons (Fsp3) is 0.846. The Labute approximate surface area is 99.2 Å². The molecule has 0 bridgehead atoms. The van der Waals surface area contributed by atoms with E-state index in [9.17, 15) is 4.79 Å². The van der Waals surface area contributed by atoms with Crippen molar-refractivity contribution in [3.05, 3.63) is 0 Å². The largest absolute Gasteiger partial charge is 0.353 e. The fourth-order valence-corrected chi connectivity index (χ4v) is 1.63. The van der Waals surface area contributed by atoms with Gasteiger partial charge in [-0.05, 0) is 19.8 Å². The summed E-state index contributed by atoms with van der Waals surface area (Å²) in [6.45, 7) is 6.05. The van der Waals surface area contributed by atoms with E-state index in [-0.39, 0.29) is 11.9 Å². The molecular formula is C13H24N2O. The Bertz CT molecular complexity index is 233. The zero-order valence-electron chi connectivity index (χ0n) is 10.8. The zero-order chi connectivity index (χ0) is 12.4. The molecule has 0 rings (SSSR count). The number of carbonyl (C=O) groups excluding carboxylic acids is 1. The van der Waals surface area contributed by atoms with Gasteiger partial charge in [0.2, 0.25) is 5.91 Å². The number of nitrogens with one attached hydrogen (secondary N) is 1. The first-order chi connectivity index (χ1) is 7.65. The molecule has 92 valence electrons. The third kappa shape index (κ3) is 6.44. The van der Waals surface area contributed by atoms with Crippen molar-refractivity contribution in [3.8, 4) is 6.07 Å². The smallest absolute Gasteiger partial charge is 0.237 e. The second-order valence-corrected chi connectivity index (χ2v) is 4.35. The lowest BCUT2D eigenvalue weighted by atomic mass is 10.1. The summed E-state index contributed by atoms with van der Waals surface area (Å²) in [4.78, 5) is 11.6. The molecule has 3 heteroatoms. The summed E-state index contributed by atoms with van der Waals surface area (Å²) in [5.41, 5.74) is 0. The van der Waals surface area contributed by atoms with Gasteiger partial charge in [-0.3, -0.25) is 4.79 Å². The Morgan fingerprint density at radius 2 is 2.00 bits per heavy atom. The number of carbonyl (C=O) groups is 1. The molecule has 0 spiro atoms. The minimum Gasteiger partial charge on any atom is -0.353 e. The van der Waals surface area contributed by atoms with Crippen molar-refractivity contribution in [1.82, 2.24) is 5.32 Å². The summed E-state index contributed by atoms with van der Waals surface area (Å²) in [6, 6.07) is 2.21. The summed E-state index contributed by atoms with van der Waals surface area (Å²) < 4.78 is 0. The van der Waals surface area contributed by atoms with Crippen molar-refractivity contribution in [3.63, 3.8) is 0 Å². The predicted molar refractivity (Wildman–Crippen MR) is 65.8 cm³/mol. The Morgan fingerprint density at radius 3 is 2.50 bits per heavy atom. The van der Waals surface area contributed by atoms with Crippen molar-refractivity contribution in [2.45, 2.75) is 65.3 Å². The third-order valence-electron chi connectivity index (χ3n) is 2.76. The van der Waals surface area contributed by atoms with E-state index in [0.29, 0.717) is 6.42 Å². The lowest BCUT2D eigenvalue weighted by Gasteiger charge is -2.15. The van der Waals surface area contributed by atoms with Crippen LogP contribution in [0.2, 0.25) is 0 Å². The molecule has 0 radical (unpaired) electrons. The van der Waals surface area contributed by atoms with Gasteiger partial charge in [0, 0.05) is 6.04 Å². The molecule has 0 saturated carbocycles. The molecule has 0 aliphatic carbocycles. The summed E-state index contributed by atoms with van der Waals surface area (Å²) in [6.07, 6.45) is 6.47. The molecule has 2 unspecified atom stereocenters. The first-order valence-electron chi connectivity index (χ1n) is 6.35. The second kappa shape index (κ2) is 9.21. The van der Waals surface area contributed by atoms with Crippen molar-refractivity contribution in [1.29, 1.82) is 5.26 Å². The van der Waals surface area contributed by atoms with Crippen LogP contribution in [-0.4, -0.2) is 11.9 Å². The van der Waals surface area contributed by atoms with Gasteiger partial charge in [-0.1, -0.05) is 39.5 Å². The SMILES string of the molecule is CCCCCCC(C)NC(=O)C(C#N)CC. The molecule has 0 saturated heterocycles. The van der Waals surface area contributed by atoms with Crippen molar-refractivity contribution < 1.29 is 4.79 Å². The fourth-order valence-electron chi connectivity index (χ4n) is 1.63. The van der Waals surface area contributed by atoms with E-state index in [2.05, 4.69) is 12.2 Å². The third-order valence-corrected chi connectivity index (χ3v) is 2.76. The number of hydrogen-bond donors (Lipinski definition) is 1. The van der Waals surface area contributed by atoms with Crippen LogP contribution in [0.15, 0.2) is 0 Å². The van der Waals surface area contributed by atoms with E-state index in [1.807, 2.05) is 19.9 Å². The number of rotatable bonds is 8. The molecule has 0 aromatic heterocycles. The Hall–Kier alpha value is -1.04. The minimum absolute atomic E-state index is 0.118. The van der Waals surface area contributed by atoms with E-state index in [1.165, 1.54) is 19.3 Å². The van der Waals surface area contributed by atoms with Gasteiger partial charge in [0.1, 0.15) is 5.92 Å². The number of nitriles is 1. The van der Waals surface area contributed by atoms with E-state index < -0.39 is 5.92 Å². The van der Waals surface area contributed by atoms with Gasteiger partial charge >= 0.3 is 0 Å². The monoisotopic (exact) mass is 224 g/mol. The van der Waals surface area contributed by atoms with Gasteiger partial charge in [0.05, 0.1) is 6.07 Å².